The van der Waals surface area contributed by atoms with E-state index >= 15 is 0 Å². The zero-order chi connectivity index (χ0) is 12.6. The van der Waals surface area contributed by atoms with Crippen LogP contribution in [0, 0.1) is 0 Å². The summed E-state index contributed by atoms with van der Waals surface area (Å²) >= 11 is 0. The Morgan fingerprint density at radius 3 is 2.50 bits per heavy atom. The van der Waals surface area contributed by atoms with Crippen molar-refractivity contribution in [2.24, 2.45) is 10.7 Å². The quantitative estimate of drug-likeness (QED) is 0.320. The summed E-state index contributed by atoms with van der Waals surface area (Å²) < 4.78 is 4.70. The van der Waals surface area contributed by atoms with Crippen molar-refractivity contribution < 1.29 is 19.4 Å². The first kappa shape index (κ1) is 14.2. The van der Waals surface area contributed by atoms with Gasteiger partial charge in [0.2, 0.25) is 0 Å². The van der Waals surface area contributed by atoms with E-state index in [9.17, 15) is 14.7 Å². The summed E-state index contributed by atoms with van der Waals surface area (Å²) in [7, 11) is 0. The van der Waals surface area contributed by atoms with Crippen LogP contribution in [0.5, 0.6) is 0 Å². The number of ether oxygens (including phenoxy) is 1. The molecule has 0 radical (unpaired) electrons. The summed E-state index contributed by atoms with van der Waals surface area (Å²) in [5, 5.41) is 9.55. The standard InChI is InChI=1S/C10H16N2O4/c1-3-5-8(13)7(6-12-10(11)15)9(14)16-4-2/h6,13H,3-5H2,1-2H3,(H2,11,15). The highest BCUT2D eigenvalue weighted by molar-refractivity contribution is 6.11. The number of amides is 2. The number of urea groups is 1. The second-order valence-corrected chi connectivity index (χ2v) is 2.93. The van der Waals surface area contributed by atoms with Gasteiger partial charge in [-0.1, -0.05) is 6.92 Å². The molecule has 0 saturated carbocycles. The molecule has 0 aromatic heterocycles. The first-order valence-corrected chi connectivity index (χ1v) is 4.95. The summed E-state index contributed by atoms with van der Waals surface area (Å²) in [5.41, 5.74) is 4.66. The first-order valence-electron chi connectivity index (χ1n) is 4.95. The van der Waals surface area contributed by atoms with Crippen LogP contribution >= 0.6 is 0 Å². The van der Waals surface area contributed by atoms with Gasteiger partial charge in [-0.3, -0.25) is 0 Å². The molecule has 0 fully saturated rings. The van der Waals surface area contributed by atoms with E-state index in [2.05, 4.69) is 4.99 Å². The van der Waals surface area contributed by atoms with Crippen molar-refractivity contribution in [3.63, 3.8) is 0 Å². The molecule has 0 saturated heterocycles. The monoisotopic (exact) mass is 228 g/mol. The lowest BCUT2D eigenvalue weighted by Crippen LogP contribution is -2.13. The molecule has 0 aliphatic heterocycles. The van der Waals surface area contributed by atoms with Crippen molar-refractivity contribution in [2.45, 2.75) is 26.7 Å². The molecule has 0 bridgehead atoms. The van der Waals surface area contributed by atoms with E-state index in [4.69, 9.17) is 10.5 Å². The second kappa shape index (κ2) is 7.44. The molecule has 3 N–H and O–H groups in total. The average molecular weight is 228 g/mol. The van der Waals surface area contributed by atoms with Gasteiger partial charge in [0.1, 0.15) is 11.3 Å². The molecular formula is C10H16N2O4. The molecule has 6 nitrogen and oxygen atoms in total. The molecule has 0 atom stereocenters. The number of allylic oxidation sites excluding steroid dienone is 1. The molecule has 0 aromatic carbocycles. The van der Waals surface area contributed by atoms with Crippen molar-refractivity contribution >= 4 is 18.2 Å². The third kappa shape index (κ3) is 5.14. The van der Waals surface area contributed by atoms with Gasteiger partial charge in [-0.15, -0.1) is 0 Å². The Kier molecular flexibility index (Phi) is 6.58. The molecule has 2 amide bonds. The largest absolute Gasteiger partial charge is 0.511 e. The number of aliphatic hydroxyl groups is 1. The zero-order valence-electron chi connectivity index (χ0n) is 9.40. The number of primary amides is 1. The lowest BCUT2D eigenvalue weighted by molar-refractivity contribution is -0.138. The second-order valence-electron chi connectivity index (χ2n) is 2.93. The fourth-order valence-electron chi connectivity index (χ4n) is 0.954. The van der Waals surface area contributed by atoms with Crippen LogP contribution in [0.3, 0.4) is 0 Å². The average Bonchev–Trinajstić information content (AvgIpc) is 2.18. The van der Waals surface area contributed by atoms with E-state index in [1.54, 1.807) is 6.92 Å². The number of carbonyl (C=O) groups is 2. The molecule has 0 rings (SSSR count). The van der Waals surface area contributed by atoms with Crippen molar-refractivity contribution in [2.75, 3.05) is 6.61 Å². The predicted molar refractivity (Wildman–Crippen MR) is 59.3 cm³/mol. The van der Waals surface area contributed by atoms with Crippen molar-refractivity contribution in [3.05, 3.63) is 11.3 Å². The third-order valence-electron chi connectivity index (χ3n) is 1.61. The van der Waals surface area contributed by atoms with Crippen LogP contribution in [-0.4, -0.2) is 29.9 Å². The molecule has 16 heavy (non-hydrogen) atoms. The lowest BCUT2D eigenvalue weighted by atomic mass is 10.2. The number of nitrogens with zero attached hydrogens (tertiary/aromatic N) is 1. The van der Waals surface area contributed by atoms with Crippen molar-refractivity contribution in [3.8, 4) is 0 Å². The van der Waals surface area contributed by atoms with Gasteiger partial charge < -0.3 is 15.6 Å². The first-order chi connectivity index (χ1) is 7.52. The van der Waals surface area contributed by atoms with E-state index in [1.807, 2.05) is 6.92 Å². The van der Waals surface area contributed by atoms with Gasteiger partial charge in [0.05, 0.1) is 12.8 Å². The Morgan fingerprint density at radius 2 is 2.06 bits per heavy atom. The Hall–Kier alpha value is -1.85. The van der Waals surface area contributed by atoms with E-state index in [1.165, 1.54) is 0 Å². The maximum absolute atomic E-state index is 11.4. The summed E-state index contributed by atoms with van der Waals surface area (Å²) in [6.45, 7) is 3.65. The van der Waals surface area contributed by atoms with Crippen LogP contribution < -0.4 is 5.73 Å². The maximum atomic E-state index is 11.4. The summed E-state index contributed by atoms with van der Waals surface area (Å²) in [6, 6.07) is -0.939. The third-order valence-corrected chi connectivity index (χ3v) is 1.61. The van der Waals surface area contributed by atoms with E-state index in [0.717, 1.165) is 6.21 Å². The molecule has 0 unspecified atom stereocenters. The van der Waals surface area contributed by atoms with Gasteiger partial charge in [-0.05, 0) is 13.3 Å². The number of rotatable bonds is 5. The molecule has 0 aromatic rings. The molecule has 0 spiro atoms. The highest BCUT2D eigenvalue weighted by Gasteiger charge is 2.14. The smallest absolute Gasteiger partial charge is 0.343 e. The predicted octanol–water partition coefficient (Wildman–Crippen LogP) is 1.31. The van der Waals surface area contributed by atoms with E-state index in [-0.39, 0.29) is 17.9 Å². The number of carbonyl (C=O) groups excluding carboxylic acids is 2. The molecule has 90 valence electrons. The van der Waals surface area contributed by atoms with Gasteiger partial charge in [0.25, 0.3) is 0 Å². The van der Waals surface area contributed by atoms with Crippen LogP contribution in [-0.2, 0) is 9.53 Å². The topological polar surface area (TPSA) is 102 Å². The SMILES string of the molecule is CCCC(O)=C(C=NC(N)=O)C(=O)OCC. The minimum Gasteiger partial charge on any atom is -0.511 e. The molecular weight excluding hydrogens is 212 g/mol. The minimum atomic E-state index is -0.939. The van der Waals surface area contributed by atoms with Crippen LogP contribution in [0.15, 0.2) is 16.3 Å². The summed E-state index contributed by atoms with van der Waals surface area (Å²) in [4.78, 5) is 25.0. The number of aliphatic imine (C=N–C) groups is 1. The van der Waals surface area contributed by atoms with Crippen LogP contribution in [0.2, 0.25) is 0 Å². The van der Waals surface area contributed by atoms with Crippen LogP contribution in [0.4, 0.5) is 4.79 Å². The molecule has 6 heteroatoms. The number of hydrogen-bond donors (Lipinski definition) is 2. The van der Waals surface area contributed by atoms with Crippen molar-refractivity contribution in [1.29, 1.82) is 0 Å². The normalized spacial score (nSPS) is 12.4. The lowest BCUT2D eigenvalue weighted by Gasteiger charge is -2.04. The zero-order valence-corrected chi connectivity index (χ0v) is 9.40. The van der Waals surface area contributed by atoms with Crippen LogP contribution in [0.1, 0.15) is 26.7 Å². The Balaban J connectivity index is 4.96. The molecule has 0 aliphatic rings. The highest BCUT2D eigenvalue weighted by atomic mass is 16.5. The van der Waals surface area contributed by atoms with Gasteiger partial charge in [-0.2, -0.15) is 0 Å². The number of aliphatic hydroxyl groups excluding tert-OH is 1. The van der Waals surface area contributed by atoms with Gasteiger partial charge in [0.15, 0.2) is 0 Å². The summed E-state index contributed by atoms with van der Waals surface area (Å²) in [5.74, 6) is -0.885. The Bertz CT molecular complexity index is 321. The Morgan fingerprint density at radius 1 is 1.44 bits per heavy atom. The maximum Gasteiger partial charge on any atom is 0.343 e. The van der Waals surface area contributed by atoms with E-state index in [0.29, 0.717) is 12.8 Å². The molecule has 0 heterocycles. The number of nitrogens with two attached hydrogens (primary N) is 1. The minimum absolute atomic E-state index is 0.137. The summed E-state index contributed by atoms with van der Waals surface area (Å²) in [6.07, 6.45) is 1.88. The fraction of sp³-hybridized carbons (Fsp3) is 0.500. The van der Waals surface area contributed by atoms with Gasteiger partial charge in [-0.25, -0.2) is 14.6 Å². The van der Waals surface area contributed by atoms with Gasteiger partial charge >= 0.3 is 12.0 Å². The van der Waals surface area contributed by atoms with Crippen molar-refractivity contribution in [1.82, 2.24) is 0 Å². The highest BCUT2D eigenvalue weighted by Crippen LogP contribution is 2.08. The Labute approximate surface area is 93.8 Å². The van der Waals surface area contributed by atoms with E-state index < -0.39 is 12.0 Å². The fourth-order valence-corrected chi connectivity index (χ4v) is 0.954. The van der Waals surface area contributed by atoms with Crippen LogP contribution in [0.25, 0.3) is 0 Å². The van der Waals surface area contributed by atoms with Gasteiger partial charge in [0, 0.05) is 6.42 Å². The molecule has 0 aliphatic carbocycles. The number of esters is 1. The number of hydrogen-bond acceptors (Lipinski definition) is 4.